The lowest BCUT2D eigenvalue weighted by Gasteiger charge is -2.24. The van der Waals surface area contributed by atoms with Gasteiger partial charge < -0.3 is 23.3 Å². The SMILES string of the molecule is CCn1cncc1Cn1c(Cc2ccc(-c3cccc4c3OC(C)(c3ccc(Cl)cc3F)O4)cc2)nc2ccc(C(=O)OC)cc21. The molecule has 0 fully saturated rings. The van der Waals surface area contributed by atoms with E-state index in [1.807, 2.05) is 55.0 Å². The number of aryl methyl sites for hydroxylation is 1. The van der Waals surface area contributed by atoms with E-state index < -0.39 is 17.6 Å². The van der Waals surface area contributed by atoms with Gasteiger partial charge in [0, 0.05) is 36.7 Å². The molecular weight excluding hydrogens is 607 g/mol. The van der Waals surface area contributed by atoms with Crippen molar-refractivity contribution in [3.63, 3.8) is 0 Å². The molecule has 0 bridgehead atoms. The largest absolute Gasteiger partial charge is 0.465 e. The summed E-state index contributed by atoms with van der Waals surface area (Å²) in [5, 5.41) is 0.301. The number of imidazole rings is 2. The molecule has 0 N–H and O–H groups in total. The number of rotatable bonds is 8. The summed E-state index contributed by atoms with van der Waals surface area (Å²) in [6.45, 7) is 5.10. The van der Waals surface area contributed by atoms with E-state index in [1.165, 1.54) is 13.2 Å². The van der Waals surface area contributed by atoms with E-state index in [9.17, 15) is 9.18 Å². The number of hydrogen-bond donors (Lipinski definition) is 0. The fraction of sp³-hybridized carbons (Fsp3) is 0.194. The van der Waals surface area contributed by atoms with E-state index >= 15 is 0 Å². The maximum absolute atomic E-state index is 14.9. The third kappa shape index (κ3) is 5.26. The number of hydrogen-bond acceptors (Lipinski definition) is 6. The van der Waals surface area contributed by atoms with Crippen molar-refractivity contribution in [1.29, 1.82) is 0 Å². The molecular formula is C36H30ClFN4O4. The lowest BCUT2D eigenvalue weighted by molar-refractivity contribution is -0.0705. The highest BCUT2D eigenvalue weighted by Gasteiger charge is 2.42. The first kappa shape index (κ1) is 29.6. The summed E-state index contributed by atoms with van der Waals surface area (Å²) in [6, 6.07) is 23.7. The van der Waals surface area contributed by atoms with Crippen LogP contribution in [0.4, 0.5) is 4.39 Å². The molecule has 232 valence electrons. The molecule has 1 unspecified atom stereocenters. The summed E-state index contributed by atoms with van der Waals surface area (Å²) in [7, 11) is 1.37. The predicted octanol–water partition coefficient (Wildman–Crippen LogP) is 7.78. The second-order valence-electron chi connectivity index (χ2n) is 11.3. The molecule has 1 aliphatic rings. The zero-order chi connectivity index (χ0) is 32.0. The Morgan fingerprint density at radius 2 is 1.87 bits per heavy atom. The van der Waals surface area contributed by atoms with E-state index in [0.717, 1.165) is 45.8 Å². The molecule has 2 aromatic heterocycles. The van der Waals surface area contributed by atoms with Crippen LogP contribution in [0.2, 0.25) is 5.02 Å². The number of methoxy groups -OCH3 is 1. The fourth-order valence-corrected chi connectivity index (χ4v) is 6.12. The Bertz CT molecular complexity index is 2110. The summed E-state index contributed by atoms with van der Waals surface area (Å²) in [4.78, 5) is 21.6. The van der Waals surface area contributed by atoms with E-state index in [-0.39, 0.29) is 5.56 Å². The van der Waals surface area contributed by atoms with Gasteiger partial charge in [-0.1, -0.05) is 48.0 Å². The van der Waals surface area contributed by atoms with Crippen molar-refractivity contribution < 1.29 is 23.4 Å². The normalized spacial score (nSPS) is 15.4. The van der Waals surface area contributed by atoms with Gasteiger partial charge in [-0.05, 0) is 60.5 Å². The number of halogens is 2. The Morgan fingerprint density at radius 1 is 1.04 bits per heavy atom. The standard InChI is InChI=1S/C36H30ClFN4O4/c1-4-41-21-39-19-26(41)20-42-31-17-24(35(43)44-3)12-15-30(31)40-33(42)16-22-8-10-23(11-9-22)27-6-5-7-32-34(27)46-36(2,45-32)28-14-13-25(37)18-29(28)38/h5-15,17-19,21H,4,16,20H2,1-3H3. The average molecular weight is 637 g/mol. The van der Waals surface area contributed by atoms with Crippen molar-refractivity contribution in [3.8, 4) is 22.6 Å². The molecule has 8 nitrogen and oxygen atoms in total. The minimum Gasteiger partial charge on any atom is -0.465 e. The van der Waals surface area contributed by atoms with Gasteiger partial charge in [-0.15, -0.1) is 0 Å². The zero-order valence-electron chi connectivity index (χ0n) is 25.5. The molecule has 6 aromatic rings. The predicted molar refractivity (Wildman–Crippen MR) is 173 cm³/mol. The average Bonchev–Trinajstić information content (AvgIpc) is 3.75. The Hall–Kier alpha value is -5.15. The zero-order valence-corrected chi connectivity index (χ0v) is 26.2. The highest BCUT2D eigenvalue weighted by atomic mass is 35.5. The number of benzene rings is 4. The quantitative estimate of drug-likeness (QED) is 0.159. The molecule has 1 aliphatic heterocycles. The van der Waals surface area contributed by atoms with Crippen molar-refractivity contribution in [2.45, 2.75) is 39.1 Å². The summed E-state index contributed by atoms with van der Waals surface area (Å²) in [5.41, 5.74) is 6.20. The molecule has 1 atom stereocenters. The summed E-state index contributed by atoms with van der Waals surface area (Å²) < 4.78 is 36.5. The number of esters is 1. The molecule has 0 radical (unpaired) electrons. The van der Waals surface area contributed by atoms with Gasteiger partial charge in [-0.25, -0.2) is 19.2 Å². The Morgan fingerprint density at radius 3 is 2.63 bits per heavy atom. The highest BCUT2D eigenvalue weighted by molar-refractivity contribution is 6.30. The second-order valence-corrected chi connectivity index (χ2v) is 11.7. The first-order valence-electron chi connectivity index (χ1n) is 14.9. The maximum atomic E-state index is 14.9. The van der Waals surface area contributed by atoms with Crippen LogP contribution in [0.1, 0.15) is 46.9 Å². The van der Waals surface area contributed by atoms with E-state index in [2.05, 4.69) is 33.2 Å². The van der Waals surface area contributed by atoms with Crippen LogP contribution in [0.5, 0.6) is 11.5 Å². The number of fused-ring (bicyclic) bond motifs is 2. The molecule has 3 heterocycles. The van der Waals surface area contributed by atoms with Crippen LogP contribution in [0.3, 0.4) is 0 Å². The lowest BCUT2D eigenvalue weighted by Crippen LogP contribution is -2.32. The summed E-state index contributed by atoms with van der Waals surface area (Å²) in [6.07, 6.45) is 4.23. The molecule has 7 rings (SSSR count). The van der Waals surface area contributed by atoms with Crippen molar-refractivity contribution in [1.82, 2.24) is 19.1 Å². The van der Waals surface area contributed by atoms with Crippen molar-refractivity contribution in [2.75, 3.05) is 7.11 Å². The maximum Gasteiger partial charge on any atom is 0.337 e. The third-order valence-corrected chi connectivity index (χ3v) is 8.57. The lowest BCUT2D eigenvalue weighted by atomic mass is 10.0. The second kappa shape index (κ2) is 11.7. The Kier molecular flexibility index (Phi) is 7.49. The van der Waals surface area contributed by atoms with Gasteiger partial charge in [0.15, 0.2) is 11.5 Å². The van der Waals surface area contributed by atoms with Crippen LogP contribution in [0.15, 0.2) is 91.4 Å². The van der Waals surface area contributed by atoms with E-state index in [0.29, 0.717) is 35.1 Å². The monoisotopic (exact) mass is 636 g/mol. The van der Waals surface area contributed by atoms with Crippen LogP contribution in [0.25, 0.3) is 22.2 Å². The minimum atomic E-state index is -1.34. The van der Waals surface area contributed by atoms with Gasteiger partial charge in [-0.3, -0.25) is 0 Å². The van der Waals surface area contributed by atoms with Crippen LogP contribution < -0.4 is 9.47 Å². The molecule has 0 saturated heterocycles. The number of nitrogens with zero attached hydrogens (tertiary/aromatic N) is 4. The molecule has 46 heavy (non-hydrogen) atoms. The van der Waals surface area contributed by atoms with Gasteiger partial charge in [-0.2, -0.15) is 0 Å². The first-order chi connectivity index (χ1) is 22.3. The Balaban J connectivity index is 1.20. The van der Waals surface area contributed by atoms with Crippen LogP contribution >= 0.6 is 11.6 Å². The molecule has 0 amide bonds. The van der Waals surface area contributed by atoms with Gasteiger partial charge in [0.25, 0.3) is 5.79 Å². The molecule has 0 spiro atoms. The number of ether oxygens (including phenoxy) is 3. The topological polar surface area (TPSA) is 80.4 Å². The van der Waals surface area contributed by atoms with Gasteiger partial charge in [0.05, 0.1) is 47.8 Å². The fourth-order valence-electron chi connectivity index (χ4n) is 5.96. The van der Waals surface area contributed by atoms with E-state index in [4.69, 9.17) is 30.8 Å². The number of aromatic nitrogens is 4. The third-order valence-electron chi connectivity index (χ3n) is 8.34. The van der Waals surface area contributed by atoms with Gasteiger partial charge in [0.1, 0.15) is 11.6 Å². The minimum absolute atomic E-state index is 0.262. The smallest absolute Gasteiger partial charge is 0.337 e. The number of carbonyl (C=O) groups excluding carboxylic acids is 1. The van der Waals surface area contributed by atoms with Crippen LogP contribution in [-0.4, -0.2) is 32.2 Å². The van der Waals surface area contributed by atoms with Crippen LogP contribution in [-0.2, 0) is 30.0 Å². The molecule has 0 aliphatic carbocycles. The molecule has 10 heteroatoms. The van der Waals surface area contributed by atoms with E-state index in [1.54, 1.807) is 25.1 Å². The van der Waals surface area contributed by atoms with Crippen LogP contribution in [0, 0.1) is 5.82 Å². The van der Waals surface area contributed by atoms with Crippen molar-refractivity contribution >= 4 is 28.6 Å². The highest BCUT2D eigenvalue weighted by Crippen LogP contribution is 2.49. The molecule has 4 aromatic carbocycles. The molecule has 0 saturated carbocycles. The van der Waals surface area contributed by atoms with Crippen molar-refractivity contribution in [2.24, 2.45) is 0 Å². The number of carbonyl (C=O) groups is 1. The summed E-state index contributed by atoms with van der Waals surface area (Å²) in [5.74, 6) is -0.307. The summed E-state index contributed by atoms with van der Waals surface area (Å²) >= 11 is 5.98. The Labute approximate surface area is 270 Å². The van der Waals surface area contributed by atoms with Gasteiger partial charge in [0.2, 0.25) is 0 Å². The van der Waals surface area contributed by atoms with Crippen molar-refractivity contribution in [3.05, 3.63) is 130 Å². The first-order valence-corrected chi connectivity index (χ1v) is 15.3. The van der Waals surface area contributed by atoms with Gasteiger partial charge >= 0.3 is 5.97 Å². The number of para-hydroxylation sites is 1.